The summed E-state index contributed by atoms with van der Waals surface area (Å²) in [5.41, 5.74) is 10.2. The molecule has 1 aromatic rings. The predicted octanol–water partition coefficient (Wildman–Crippen LogP) is -1.14. The number of nitrogens with zero attached hydrogens (tertiary/aromatic N) is 3. The van der Waals surface area contributed by atoms with Crippen molar-refractivity contribution in [2.24, 2.45) is 11.5 Å². The Morgan fingerprint density at radius 1 is 1.31 bits per heavy atom. The summed E-state index contributed by atoms with van der Waals surface area (Å²) < 4.78 is 0.711. The Hall–Kier alpha value is -1.45. The van der Waals surface area contributed by atoms with Gasteiger partial charge in [-0.25, -0.2) is 9.97 Å². The molecule has 0 atom stereocenters. The van der Waals surface area contributed by atoms with Crippen LogP contribution in [0, 0.1) is 3.57 Å². The van der Waals surface area contributed by atoms with Crippen LogP contribution in [-0.2, 0) is 9.59 Å². The summed E-state index contributed by atoms with van der Waals surface area (Å²) in [6.07, 6.45) is 2.89. The zero-order valence-corrected chi connectivity index (χ0v) is 10.4. The fourth-order valence-electron chi connectivity index (χ4n) is 1.12. The second kappa shape index (κ2) is 5.58. The molecule has 0 spiro atoms. The van der Waals surface area contributed by atoms with E-state index in [1.165, 1.54) is 11.2 Å². The van der Waals surface area contributed by atoms with Gasteiger partial charge in [-0.3, -0.25) is 9.59 Å². The largest absolute Gasteiger partial charge is 0.368 e. The standard InChI is InChI=1S/C8H10IN5O2/c9-5-1-12-4-13-8(5)14(2-6(10)15)3-7(11)16/h1,4H,2-3H2,(H2,10,15)(H2,11,16). The molecule has 8 heteroatoms. The highest BCUT2D eigenvalue weighted by Gasteiger charge is 2.15. The molecule has 0 fully saturated rings. The van der Waals surface area contributed by atoms with Gasteiger partial charge in [0.2, 0.25) is 11.8 Å². The highest BCUT2D eigenvalue weighted by Crippen LogP contribution is 2.17. The van der Waals surface area contributed by atoms with Gasteiger partial charge in [0.05, 0.1) is 16.7 Å². The van der Waals surface area contributed by atoms with Gasteiger partial charge in [-0.1, -0.05) is 0 Å². The highest BCUT2D eigenvalue weighted by atomic mass is 127. The first-order chi connectivity index (χ1) is 7.50. The normalized spacial score (nSPS) is 9.81. The second-order valence-electron chi connectivity index (χ2n) is 2.98. The molecule has 0 aliphatic heterocycles. The van der Waals surface area contributed by atoms with E-state index in [1.807, 2.05) is 22.6 Å². The number of carbonyl (C=O) groups is 2. The van der Waals surface area contributed by atoms with Crippen LogP contribution in [0.3, 0.4) is 0 Å². The SMILES string of the molecule is NC(=O)CN(CC(N)=O)c1ncncc1I. The Morgan fingerprint density at radius 3 is 2.31 bits per heavy atom. The number of halogens is 1. The number of anilines is 1. The Kier molecular flexibility index (Phi) is 4.40. The van der Waals surface area contributed by atoms with Crippen molar-refractivity contribution in [3.8, 4) is 0 Å². The average Bonchev–Trinajstić information content (AvgIpc) is 2.15. The van der Waals surface area contributed by atoms with E-state index in [0.29, 0.717) is 9.39 Å². The fraction of sp³-hybridized carbons (Fsp3) is 0.250. The summed E-state index contributed by atoms with van der Waals surface area (Å²) >= 11 is 2.00. The number of hydrogen-bond donors (Lipinski definition) is 2. The molecule has 1 aromatic heterocycles. The summed E-state index contributed by atoms with van der Waals surface area (Å²) in [6, 6.07) is 0. The fourth-order valence-corrected chi connectivity index (χ4v) is 1.76. The number of hydrogen-bond acceptors (Lipinski definition) is 5. The Labute approximate surface area is 105 Å². The quantitative estimate of drug-likeness (QED) is 0.660. The van der Waals surface area contributed by atoms with Crippen LogP contribution in [0.1, 0.15) is 0 Å². The molecular weight excluding hydrogens is 325 g/mol. The molecule has 16 heavy (non-hydrogen) atoms. The molecule has 0 aliphatic rings. The van der Waals surface area contributed by atoms with E-state index in [1.54, 1.807) is 6.20 Å². The Bertz CT molecular complexity index is 395. The van der Waals surface area contributed by atoms with Crippen molar-refractivity contribution in [2.45, 2.75) is 0 Å². The van der Waals surface area contributed by atoms with Crippen molar-refractivity contribution in [1.82, 2.24) is 9.97 Å². The summed E-state index contributed by atoms with van der Waals surface area (Å²) in [6.45, 7) is -0.230. The van der Waals surface area contributed by atoms with Gasteiger partial charge in [-0.15, -0.1) is 0 Å². The van der Waals surface area contributed by atoms with Gasteiger partial charge in [0.15, 0.2) is 0 Å². The maximum atomic E-state index is 10.9. The molecule has 0 aliphatic carbocycles. The summed E-state index contributed by atoms with van der Waals surface area (Å²) in [4.78, 5) is 30.9. The van der Waals surface area contributed by atoms with Crippen molar-refractivity contribution in [2.75, 3.05) is 18.0 Å². The first kappa shape index (κ1) is 12.6. The van der Waals surface area contributed by atoms with Crippen LogP contribution in [0.4, 0.5) is 5.82 Å². The zero-order valence-electron chi connectivity index (χ0n) is 8.26. The third-order valence-electron chi connectivity index (χ3n) is 1.64. The number of amides is 2. The Morgan fingerprint density at radius 2 is 1.88 bits per heavy atom. The van der Waals surface area contributed by atoms with Gasteiger partial charge in [0, 0.05) is 6.20 Å². The maximum absolute atomic E-state index is 10.9. The predicted molar refractivity (Wildman–Crippen MR) is 65.4 cm³/mol. The zero-order chi connectivity index (χ0) is 12.1. The first-order valence-corrected chi connectivity index (χ1v) is 5.35. The average molecular weight is 335 g/mol. The number of primary amides is 2. The van der Waals surface area contributed by atoms with E-state index >= 15 is 0 Å². The Balaban J connectivity index is 2.96. The smallest absolute Gasteiger partial charge is 0.237 e. The molecule has 0 saturated carbocycles. The molecule has 0 unspecified atom stereocenters. The molecular formula is C8H10IN5O2. The van der Waals surface area contributed by atoms with Crippen LogP contribution in [0.25, 0.3) is 0 Å². The molecule has 1 rings (SSSR count). The third kappa shape index (κ3) is 3.61. The van der Waals surface area contributed by atoms with Gasteiger partial charge in [-0.2, -0.15) is 0 Å². The summed E-state index contributed by atoms with van der Waals surface area (Å²) in [5.74, 6) is -0.653. The molecule has 7 nitrogen and oxygen atoms in total. The van der Waals surface area contributed by atoms with E-state index in [4.69, 9.17) is 11.5 Å². The lowest BCUT2D eigenvalue weighted by molar-refractivity contribution is -0.117. The molecule has 86 valence electrons. The molecule has 0 radical (unpaired) electrons. The molecule has 0 aromatic carbocycles. The maximum Gasteiger partial charge on any atom is 0.237 e. The minimum absolute atomic E-state index is 0.115. The van der Waals surface area contributed by atoms with Gasteiger partial charge in [0.1, 0.15) is 12.1 Å². The van der Waals surface area contributed by atoms with Crippen molar-refractivity contribution < 1.29 is 9.59 Å². The lowest BCUT2D eigenvalue weighted by Crippen LogP contribution is -2.40. The third-order valence-corrected chi connectivity index (χ3v) is 2.40. The van der Waals surface area contributed by atoms with Crippen molar-refractivity contribution in [3.63, 3.8) is 0 Å². The lowest BCUT2D eigenvalue weighted by atomic mass is 10.4. The topological polar surface area (TPSA) is 115 Å². The molecule has 2 amide bonds. The number of carbonyl (C=O) groups excluding carboxylic acids is 2. The van der Waals surface area contributed by atoms with E-state index in [2.05, 4.69) is 9.97 Å². The van der Waals surface area contributed by atoms with Crippen LogP contribution < -0.4 is 16.4 Å². The summed E-state index contributed by atoms with van der Waals surface area (Å²) in [7, 11) is 0. The van der Waals surface area contributed by atoms with Crippen LogP contribution >= 0.6 is 22.6 Å². The number of aromatic nitrogens is 2. The first-order valence-electron chi connectivity index (χ1n) is 4.27. The second-order valence-corrected chi connectivity index (χ2v) is 4.15. The van der Waals surface area contributed by atoms with E-state index in [9.17, 15) is 9.59 Å². The van der Waals surface area contributed by atoms with Gasteiger partial charge < -0.3 is 16.4 Å². The molecule has 4 N–H and O–H groups in total. The number of nitrogens with two attached hydrogens (primary N) is 2. The summed E-state index contributed by atoms with van der Waals surface area (Å²) in [5, 5.41) is 0. The van der Waals surface area contributed by atoms with Crippen LogP contribution in [0.2, 0.25) is 0 Å². The van der Waals surface area contributed by atoms with Crippen molar-refractivity contribution in [3.05, 3.63) is 16.1 Å². The molecule has 0 bridgehead atoms. The van der Waals surface area contributed by atoms with Crippen LogP contribution in [0.15, 0.2) is 12.5 Å². The minimum atomic E-state index is -0.560. The van der Waals surface area contributed by atoms with Gasteiger partial charge >= 0.3 is 0 Å². The monoisotopic (exact) mass is 335 g/mol. The highest BCUT2D eigenvalue weighted by molar-refractivity contribution is 14.1. The van der Waals surface area contributed by atoms with Crippen LogP contribution in [0.5, 0.6) is 0 Å². The van der Waals surface area contributed by atoms with E-state index in [-0.39, 0.29) is 13.1 Å². The minimum Gasteiger partial charge on any atom is -0.368 e. The van der Waals surface area contributed by atoms with Crippen molar-refractivity contribution in [1.29, 1.82) is 0 Å². The van der Waals surface area contributed by atoms with Crippen molar-refractivity contribution >= 4 is 40.2 Å². The number of rotatable bonds is 5. The van der Waals surface area contributed by atoms with Gasteiger partial charge in [-0.05, 0) is 22.6 Å². The van der Waals surface area contributed by atoms with E-state index < -0.39 is 11.8 Å². The van der Waals surface area contributed by atoms with Crippen LogP contribution in [-0.4, -0.2) is 34.9 Å². The molecule has 1 heterocycles. The van der Waals surface area contributed by atoms with Gasteiger partial charge in [0.25, 0.3) is 0 Å². The van der Waals surface area contributed by atoms with E-state index in [0.717, 1.165) is 0 Å². The lowest BCUT2D eigenvalue weighted by Gasteiger charge is -2.20. The molecule has 0 saturated heterocycles.